The molecule has 0 aliphatic carbocycles. The van der Waals surface area contributed by atoms with E-state index in [1.54, 1.807) is 12.1 Å². The summed E-state index contributed by atoms with van der Waals surface area (Å²) in [7, 11) is -3.71. The number of rotatable bonds is 7. The molecule has 1 amide bonds. The zero-order valence-corrected chi connectivity index (χ0v) is 18.5. The van der Waals surface area contributed by atoms with Gasteiger partial charge in [0.25, 0.3) is 5.91 Å². The van der Waals surface area contributed by atoms with Gasteiger partial charge in [0.2, 0.25) is 10.0 Å². The Kier molecular flexibility index (Phi) is 6.60. The highest BCUT2D eigenvalue weighted by Crippen LogP contribution is 2.25. The van der Waals surface area contributed by atoms with Crippen LogP contribution in [0.5, 0.6) is 0 Å². The van der Waals surface area contributed by atoms with Gasteiger partial charge in [0.15, 0.2) is 0 Å². The summed E-state index contributed by atoms with van der Waals surface area (Å²) in [4.78, 5) is 15.1. The van der Waals surface area contributed by atoms with E-state index >= 15 is 0 Å². The number of hydrogen-bond donors (Lipinski definition) is 2. The standard InChI is InChI=1S/C23H29N3O4S/c1-17-11-12-26(16-17)20-9-7-19(8-10-20)25-23(27)18-4-2-6-22(14-18)31(28,29)24-15-21-5-3-13-30-21/h2,4,6-10,14,17,21,24H,3,5,11-13,15-16H2,1H3,(H,25,27). The van der Waals surface area contributed by atoms with Crippen LogP contribution in [0.3, 0.4) is 0 Å². The molecule has 8 heteroatoms. The normalized spacial score (nSPS) is 21.4. The molecule has 166 valence electrons. The minimum Gasteiger partial charge on any atom is -0.377 e. The molecule has 0 saturated carbocycles. The summed E-state index contributed by atoms with van der Waals surface area (Å²) in [6.45, 7) is 5.25. The summed E-state index contributed by atoms with van der Waals surface area (Å²) in [5.41, 5.74) is 2.11. The first-order chi connectivity index (χ1) is 14.9. The summed E-state index contributed by atoms with van der Waals surface area (Å²) in [6.07, 6.45) is 2.90. The van der Waals surface area contributed by atoms with Crippen molar-refractivity contribution < 1.29 is 17.9 Å². The summed E-state index contributed by atoms with van der Waals surface area (Å²) in [6, 6.07) is 13.8. The predicted octanol–water partition coefficient (Wildman–Crippen LogP) is 3.24. The van der Waals surface area contributed by atoms with Crippen molar-refractivity contribution in [2.75, 3.05) is 36.5 Å². The number of hydrogen-bond acceptors (Lipinski definition) is 5. The summed E-state index contributed by atoms with van der Waals surface area (Å²) >= 11 is 0. The van der Waals surface area contributed by atoms with Crippen LogP contribution in [0.2, 0.25) is 0 Å². The van der Waals surface area contributed by atoms with Gasteiger partial charge in [0, 0.05) is 43.2 Å². The Morgan fingerprint density at radius 1 is 1.16 bits per heavy atom. The molecule has 2 atom stereocenters. The lowest BCUT2D eigenvalue weighted by Crippen LogP contribution is -2.32. The molecule has 0 radical (unpaired) electrons. The van der Waals surface area contributed by atoms with Gasteiger partial charge in [-0.1, -0.05) is 13.0 Å². The van der Waals surface area contributed by atoms with Gasteiger partial charge >= 0.3 is 0 Å². The fourth-order valence-electron chi connectivity index (χ4n) is 4.02. The van der Waals surface area contributed by atoms with E-state index in [1.165, 1.54) is 18.6 Å². The van der Waals surface area contributed by atoms with E-state index in [0.29, 0.717) is 18.2 Å². The van der Waals surface area contributed by atoms with Crippen LogP contribution < -0.4 is 14.9 Å². The van der Waals surface area contributed by atoms with Gasteiger partial charge in [-0.3, -0.25) is 4.79 Å². The first-order valence-corrected chi connectivity index (χ1v) is 12.3. The fraction of sp³-hybridized carbons (Fsp3) is 0.435. The van der Waals surface area contributed by atoms with Crippen LogP contribution in [0, 0.1) is 5.92 Å². The molecule has 0 bridgehead atoms. The molecular formula is C23H29N3O4S. The monoisotopic (exact) mass is 443 g/mol. The Labute approximate surface area is 183 Å². The first kappa shape index (κ1) is 21.8. The van der Waals surface area contributed by atoms with E-state index in [1.807, 2.05) is 24.3 Å². The molecule has 2 aromatic carbocycles. The Bertz CT molecular complexity index is 1020. The number of carbonyl (C=O) groups excluding carboxylic acids is 1. The summed E-state index contributed by atoms with van der Waals surface area (Å²) in [5.74, 6) is 0.349. The minimum absolute atomic E-state index is 0.0663. The molecule has 2 aromatic rings. The number of nitrogens with one attached hydrogen (secondary N) is 2. The molecule has 4 rings (SSSR count). The summed E-state index contributed by atoms with van der Waals surface area (Å²) in [5, 5.41) is 2.85. The predicted molar refractivity (Wildman–Crippen MR) is 121 cm³/mol. The molecule has 2 unspecified atom stereocenters. The van der Waals surface area contributed by atoms with Gasteiger partial charge in [0.05, 0.1) is 11.0 Å². The number of ether oxygens (including phenoxy) is 1. The van der Waals surface area contributed by atoms with Crippen molar-refractivity contribution in [2.24, 2.45) is 5.92 Å². The lowest BCUT2D eigenvalue weighted by molar-refractivity contribution is 0.102. The molecule has 7 nitrogen and oxygen atoms in total. The molecule has 2 saturated heterocycles. The van der Waals surface area contributed by atoms with Crippen molar-refractivity contribution in [1.29, 1.82) is 0 Å². The summed E-state index contributed by atoms with van der Waals surface area (Å²) < 4.78 is 33.3. The number of amides is 1. The number of nitrogens with zero attached hydrogens (tertiary/aromatic N) is 1. The second-order valence-corrected chi connectivity index (χ2v) is 10.1. The third-order valence-electron chi connectivity index (χ3n) is 5.85. The maximum absolute atomic E-state index is 12.7. The average molecular weight is 444 g/mol. The smallest absolute Gasteiger partial charge is 0.255 e. The van der Waals surface area contributed by atoms with Crippen LogP contribution in [-0.4, -0.2) is 46.7 Å². The molecule has 2 aliphatic rings. The van der Waals surface area contributed by atoms with Crippen molar-refractivity contribution in [3.05, 3.63) is 54.1 Å². The van der Waals surface area contributed by atoms with E-state index in [0.717, 1.165) is 31.6 Å². The van der Waals surface area contributed by atoms with E-state index in [4.69, 9.17) is 4.74 Å². The van der Waals surface area contributed by atoms with E-state index < -0.39 is 10.0 Å². The SMILES string of the molecule is CC1CCN(c2ccc(NC(=O)c3cccc(S(=O)(=O)NCC4CCCO4)c3)cc2)C1. The van der Waals surface area contributed by atoms with Crippen molar-refractivity contribution >= 4 is 27.3 Å². The van der Waals surface area contributed by atoms with Crippen LogP contribution in [0.25, 0.3) is 0 Å². The van der Waals surface area contributed by atoms with Gasteiger partial charge in [-0.2, -0.15) is 0 Å². The zero-order chi connectivity index (χ0) is 21.8. The maximum Gasteiger partial charge on any atom is 0.255 e. The third-order valence-corrected chi connectivity index (χ3v) is 7.27. The molecule has 2 N–H and O–H groups in total. The largest absolute Gasteiger partial charge is 0.377 e. The highest BCUT2D eigenvalue weighted by atomic mass is 32.2. The lowest BCUT2D eigenvalue weighted by Gasteiger charge is -2.18. The van der Waals surface area contributed by atoms with Crippen LogP contribution >= 0.6 is 0 Å². The first-order valence-electron chi connectivity index (χ1n) is 10.8. The van der Waals surface area contributed by atoms with E-state index in [2.05, 4.69) is 21.9 Å². The van der Waals surface area contributed by atoms with Crippen molar-refractivity contribution in [2.45, 2.75) is 37.2 Å². The van der Waals surface area contributed by atoms with E-state index in [-0.39, 0.29) is 29.0 Å². The van der Waals surface area contributed by atoms with Crippen LogP contribution in [0.4, 0.5) is 11.4 Å². The third kappa shape index (κ3) is 5.44. The quantitative estimate of drug-likeness (QED) is 0.686. The topological polar surface area (TPSA) is 87.7 Å². The van der Waals surface area contributed by atoms with Crippen LogP contribution in [-0.2, 0) is 14.8 Å². The molecule has 2 fully saturated rings. The lowest BCUT2D eigenvalue weighted by atomic mass is 10.2. The molecule has 2 aliphatic heterocycles. The Morgan fingerprint density at radius 2 is 1.97 bits per heavy atom. The Balaban J connectivity index is 1.39. The molecule has 2 heterocycles. The van der Waals surface area contributed by atoms with Crippen molar-refractivity contribution in [3.8, 4) is 0 Å². The number of carbonyl (C=O) groups is 1. The van der Waals surface area contributed by atoms with Crippen LogP contribution in [0.1, 0.15) is 36.5 Å². The van der Waals surface area contributed by atoms with Gasteiger partial charge in [0.1, 0.15) is 0 Å². The van der Waals surface area contributed by atoms with Gasteiger partial charge < -0.3 is 15.0 Å². The van der Waals surface area contributed by atoms with Crippen LogP contribution in [0.15, 0.2) is 53.4 Å². The second-order valence-electron chi connectivity index (χ2n) is 8.36. The second kappa shape index (κ2) is 9.38. The van der Waals surface area contributed by atoms with Crippen molar-refractivity contribution in [1.82, 2.24) is 4.72 Å². The van der Waals surface area contributed by atoms with Gasteiger partial charge in [-0.15, -0.1) is 0 Å². The number of benzene rings is 2. The highest BCUT2D eigenvalue weighted by molar-refractivity contribution is 7.89. The fourth-order valence-corrected chi connectivity index (χ4v) is 5.14. The Hall–Kier alpha value is -2.42. The highest BCUT2D eigenvalue weighted by Gasteiger charge is 2.21. The maximum atomic E-state index is 12.7. The van der Waals surface area contributed by atoms with Crippen molar-refractivity contribution in [3.63, 3.8) is 0 Å². The molecule has 0 spiro atoms. The van der Waals surface area contributed by atoms with Gasteiger partial charge in [-0.25, -0.2) is 13.1 Å². The number of sulfonamides is 1. The Morgan fingerprint density at radius 3 is 2.65 bits per heavy atom. The van der Waals surface area contributed by atoms with Gasteiger partial charge in [-0.05, 0) is 67.6 Å². The average Bonchev–Trinajstić information content (AvgIpc) is 3.45. The van der Waals surface area contributed by atoms with E-state index in [9.17, 15) is 13.2 Å². The number of anilines is 2. The molecule has 31 heavy (non-hydrogen) atoms. The minimum atomic E-state index is -3.71. The zero-order valence-electron chi connectivity index (χ0n) is 17.7. The molecule has 0 aromatic heterocycles. The molecular weight excluding hydrogens is 414 g/mol.